The van der Waals surface area contributed by atoms with Gasteiger partial charge in [-0.15, -0.1) is 11.3 Å². The van der Waals surface area contributed by atoms with Crippen molar-refractivity contribution in [2.45, 2.75) is 235 Å². The number of aliphatic hydroxyl groups is 2. The lowest BCUT2D eigenvalue weighted by Crippen LogP contribution is -2.63. The highest BCUT2D eigenvalue weighted by Gasteiger charge is 2.45. The highest BCUT2D eigenvalue weighted by Crippen LogP contribution is 2.45. The van der Waals surface area contributed by atoms with Crippen molar-refractivity contribution in [3.63, 3.8) is 0 Å². The van der Waals surface area contributed by atoms with E-state index in [9.17, 15) is 29.4 Å². The Labute approximate surface area is 756 Å². The fourth-order valence-corrected chi connectivity index (χ4v) is 22.0. The number of amides is 4. The molecule has 5 aliphatic carbocycles. The van der Waals surface area contributed by atoms with Crippen molar-refractivity contribution in [2.24, 2.45) is 11.8 Å². The number of nitrogens with zero attached hydrogens (tertiary/aromatic N) is 10. The van der Waals surface area contributed by atoms with Crippen LogP contribution >= 0.6 is 11.3 Å². The fourth-order valence-electron chi connectivity index (χ4n) is 21.2. The number of pyridine rings is 1. The second-order valence-corrected chi connectivity index (χ2v) is 38.9. The third-order valence-corrected chi connectivity index (χ3v) is 29.8. The minimum atomic E-state index is -0.773. The van der Waals surface area contributed by atoms with Gasteiger partial charge in [-0.3, -0.25) is 43.8 Å². The zero-order chi connectivity index (χ0) is 88.7. The van der Waals surface area contributed by atoms with Gasteiger partial charge in [0.15, 0.2) is 57.1 Å². The third-order valence-electron chi connectivity index (χ3n) is 28.8. The largest absolute Gasteiger partial charge is 0.454 e. The molecule has 10 aliphatic rings. The SMILES string of the molecule is Cc1ccc2onc(NCC(=O)NC3CN(C4CCC(C5CCCCC5)CC4)C3)c2c1.Cc1ccc2onc(NCC(=O)NC3CN(C4CCC(O)(c5ccc(C)nc5)CC4)C3)c2c1.Cc1ccc2onc(NCC(=O)NC3CN(C4CCC(O)(c5nccs5)CC4)C3)c2c1.Cc1ccc2onc(NCC(=O)NC3CN(C4CCC(c5ccc6c(c5)OCO6)CC4)C3)c2c1. The molecule has 30 nitrogen and oxygen atoms in total. The number of fused-ring (bicyclic) bond motifs is 5. The number of rotatable bonds is 24. The van der Waals surface area contributed by atoms with Crippen molar-refractivity contribution in [2.75, 3.05) is 107 Å². The van der Waals surface area contributed by atoms with Gasteiger partial charge in [0, 0.05) is 106 Å². The van der Waals surface area contributed by atoms with Crippen LogP contribution in [0.3, 0.4) is 0 Å². The van der Waals surface area contributed by atoms with Crippen LogP contribution in [0.15, 0.2) is 139 Å². The van der Waals surface area contributed by atoms with Crippen LogP contribution < -0.4 is 52.0 Å². The number of ether oxygens (including phenoxy) is 2. The molecule has 5 saturated carbocycles. The molecule has 11 heterocycles. The van der Waals surface area contributed by atoms with Crippen LogP contribution in [-0.4, -0.2) is 218 Å². The smallest absolute Gasteiger partial charge is 0.239 e. The second-order valence-electron chi connectivity index (χ2n) is 38.0. The van der Waals surface area contributed by atoms with Gasteiger partial charge in [0.2, 0.25) is 30.4 Å². The Hall–Kier alpha value is -10.8. The number of benzene rings is 5. The van der Waals surface area contributed by atoms with Gasteiger partial charge in [-0.25, -0.2) is 4.98 Å². The molecule has 21 rings (SSSR count). The van der Waals surface area contributed by atoms with Crippen LogP contribution in [-0.2, 0) is 30.4 Å². The minimum Gasteiger partial charge on any atom is -0.454 e. The summed E-state index contributed by atoms with van der Waals surface area (Å²) in [5, 5.41) is 69.4. The number of nitrogens with one attached hydrogen (secondary N) is 8. The predicted molar refractivity (Wildman–Crippen MR) is 496 cm³/mol. The van der Waals surface area contributed by atoms with Crippen molar-refractivity contribution in [3.8, 4) is 11.5 Å². The fraction of sp³-hybridized carbons (Fsp3) is 0.531. The van der Waals surface area contributed by atoms with E-state index in [4.69, 9.17) is 27.6 Å². The lowest BCUT2D eigenvalue weighted by Gasteiger charge is -2.48. The standard InChI is InChI=1S/C26H30N4O4.C25H31N5O3.C25H36N4O2.C22H27N5O3S/c1-16-2-8-22-21(10-16)26(29-34-22)27-12-25(31)28-19-13-30(14-19)20-6-3-17(4-7-20)18-5-9-23-24(11-18)33-15-32-23;1-16-3-6-22-21(11-16)24(29-33-22)27-13-23(31)28-19-14-30(15-19)20-7-9-25(32,10-8-20)18-5-4-17(2)26-12-18;1-17-7-12-23-22(13-17)25(28-31-23)26-14-24(30)27-20-15-29(16-20)21-10-8-19(9-11-21)18-5-3-2-4-6-18;1-14-2-3-18-17(10-14)20(26-30-18)24-11-19(28)25-15-12-27(13-15)16-4-6-22(29,7-5-16)21-23-8-9-31-21/h2,5,8-11,17,19-20H,3-4,6-7,12-15H2,1H3,(H,27,29)(H,28,31);3-6,11-12,19-20,32H,7-10,13-15H2,1-2H3,(H,27,29)(H,28,31);7,12-13,18-21H,2-6,8-11,14-16H2,1H3,(H,26,28)(H,27,30);2-3,8-10,15-16,29H,4-7,11-13H2,1H3,(H,24,26)(H,25,28). The summed E-state index contributed by atoms with van der Waals surface area (Å²) < 4.78 is 32.2. The van der Waals surface area contributed by atoms with Crippen LogP contribution in [0.4, 0.5) is 23.3 Å². The first-order valence-corrected chi connectivity index (χ1v) is 47.8. The van der Waals surface area contributed by atoms with Crippen LogP contribution in [0, 0.1) is 46.5 Å². The zero-order valence-electron chi connectivity index (χ0n) is 74.8. The van der Waals surface area contributed by atoms with Crippen LogP contribution in [0.25, 0.3) is 43.9 Å². The molecule has 11 aromatic rings. The Morgan fingerprint density at radius 2 is 0.775 bits per heavy atom. The molecular weight excluding hydrogens is 1650 g/mol. The Kier molecular flexibility index (Phi) is 27.5. The Morgan fingerprint density at radius 3 is 1.16 bits per heavy atom. The number of aryl methyl sites for hydroxylation is 5. The Morgan fingerprint density at radius 1 is 0.403 bits per heavy atom. The van der Waals surface area contributed by atoms with Crippen molar-refractivity contribution in [1.82, 2.24) is 71.5 Å². The second kappa shape index (κ2) is 39.9. The van der Waals surface area contributed by atoms with Gasteiger partial charge in [0.05, 0.1) is 77.5 Å². The first-order valence-electron chi connectivity index (χ1n) is 46.9. The summed E-state index contributed by atoms with van der Waals surface area (Å²) in [7, 11) is 0. The summed E-state index contributed by atoms with van der Waals surface area (Å²) in [5.74, 6) is 6.67. The molecule has 5 aliphatic heterocycles. The number of hydrogen-bond acceptors (Lipinski definition) is 27. The van der Waals surface area contributed by atoms with Crippen molar-refractivity contribution in [1.29, 1.82) is 0 Å². The Balaban J connectivity index is 0.000000116. The summed E-state index contributed by atoms with van der Waals surface area (Å²) >= 11 is 1.53. The van der Waals surface area contributed by atoms with E-state index in [0.29, 0.717) is 65.3 Å². The van der Waals surface area contributed by atoms with E-state index in [1.807, 2.05) is 137 Å². The van der Waals surface area contributed by atoms with E-state index in [0.717, 1.165) is 204 Å². The number of aromatic nitrogens is 6. The van der Waals surface area contributed by atoms with Gasteiger partial charge in [-0.1, -0.05) is 111 Å². The van der Waals surface area contributed by atoms with E-state index < -0.39 is 11.2 Å². The van der Waals surface area contributed by atoms with Gasteiger partial charge in [-0.2, -0.15) is 0 Å². The summed E-state index contributed by atoms with van der Waals surface area (Å²) in [6.45, 7) is 18.4. The molecular formula is C98H124N18O12S. The normalized spacial score (nSPS) is 24.2. The van der Waals surface area contributed by atoms with E-state index in [-0.39, 0.29) is 74.0 Å². The molecule has 4 saturated heterocycles. The monoisotopic (exact) mass is 1780 g/mol. The van der Waals surface area contributed by atoms with Crippen molar-refractivity contribution < 1.29 is 57.0 Å². The number of carbonyl (C=O) groups excluding carboxylic acids is 4. The molecule has 0 unspecified atom stereocenters. The molecule has 0 atom stereocenters. The van der Waals surface area contributed by atoms with Crippen molar-refractivity contribution >= 4 is 102 Å². The topological polar surface area (TPSA) is 366 Å². The summed E-state index contributed by atoms with van der Waals surface area (Å²) in [4.78, 5) is 68.2. The average Bonchev–Trinajstić information content (AvgIpc) is 1.79. The third kappa shape index (κ3) is 21.5. The summed E-state index contributed by atoms with van der Waals surface area (Å²) in [5.41, 5.74) is 9.07. The molecule has 129 heavy (non-hydrogen) atoms. The maximum Gasteiger partial charge on any atom is 0.239 e. The number of likely N-dealkylation sites (tertiary alicyclic amines) is 4. The molecule has 9 fully saturated rings. The van der Waals surface area contributed by atoms with Crippen molar-refractivity contribution in [3.05, 3.63) is 165 Å². The van der Waals surface area contributed by atoms with Gasteiger partial charge in [-0.05, 0) is 227 Å². The molecule has 5 aromatic carbocycles. The maximum atomic E-state index is 12.4. The summed E-state index contributed by atoms with van der Waals surface area (Å²) in [6, 6.07) is 37.0. The number of thiazole rings is 1. The number of carbonyl (C=O) groups is 4. The maximum absolute atomic E-state index is 12.4. The molecule has 684 valence electrons. The molecule has 0 spiro atoms. The number of anilines is 4. The molecule has 31 heteroatoms. The molecule has 0 bridgehead atoms. The van der Waals surface area contributed by atoms with Crippen LogP contribution in [0.2, 0.25) is 0 Å². The predicted octanol–water partition coefficient (Wildman–Crippen LogP) is 13.8. The van der Waals surface area contributed by atoms with Gasteiger partial charge >= 0.3 is 0 Å². The molecule has 6 aromatic heterocycles. The molecule has 10 N–H and O–H groups in total. The lowest BCUT2D eigenvalue weighted by molar-refractivity contribution is -0.122. The van der Waals surface area contributed by atoms with Crippen LogP contribution in [0.1, 0.15) is 185 Å². The lowest BCUT2D eigenvalue weighted by atomic mass is 9.72. The van der Waals surface area contributed by atoms with E-state index in [1.54, 1.807) is 6.20 Å². The van der Waals surface area contributed by atoms with E-state index >= 15 is 0 Å². The molecule has 0 radical (unpaired) electrons. The van der Waals surface area contributed by atoms with Gasteiger partial charge in [0.25, 0.3) is 0 Å². The molecule has 4 amide bonds. The zero-order valence-corrected chi connectivity index (χ0v) is 75.6. The summed E-state index contributed by atoms with van der Waals surface area (Å²) in [6.07, 6.45) is 28.0. The minimum absolute atomic E-state index is 0.0139. The number of hydrogen-bond donors (Lipinski definition) is 10. The van der Waals surface area contributed by atoms with Crippen LogP contribution in [0.5, 0.6) is 11.5 Å². The first kappa shape index (κ1) is 88.8. The highest BCUT2D eigenvalue weighted by atomic mass is 32.1. The van der Waals surface area contributed by atoms with E-state index in [1.165, 1.54) is 100 Å². The highest BCUT2D eigenvalue weighted by molar-refractivity contribution is 7.09. The van der Waals surface area contributed by atoms with Gasteiger partial charge < -0.3 is 80.3 Å². The van der Waals surface area contributed by atoms with E-state index in [2.05, 4.69) is 105 Å². The first-order chi connectivity index (χ1) is 62.7. The average molecular weight is 1780 g/mol. The quantitative estimate of drug-likeness (QED) is 0.0269. The van der Waals surface area contributed by atoms with Gasteiger partial charge in [0.1, 0.15) is 10.6 Å². The Bertz CT molecular complexity index is 5640.